The van der Waals surface area contributed by atoms with Gasteiger partial charge in [0, 0.05) is 31.0 Å². The van der Waals surface area contributed by atoms with Crippen LogP contribution in [0.15, 0.2) is 23.3 Å². The number of hydrogen-bond acceptors (Lipinski definition) is 5. The Morgan fingerprint density at radius 1 is 1.27 bits per heavy atom. The molecule has 0 saturated heterocycles. The summed E-state index contributed by atoms with van der Waals surface area (Å²) in [6, 6.07) is 3.57. The highest BCUT2D eigenvalue weighted by atomic mass is 16.5. The molecule has 3 rings (SSSR count). The van der Waals surface area contributed by atoms with E-state index in [2.05, 4.69) is 15.3 Å². The number of aryl methyl sites for hydroxylation is 1. The van der Waals surface area contributed by atoms with Gasteiger partial charge in [0.25, 0.3) is 5.56 Å². The van der Waals surface area contributed by atoms with Gasteiger partial charge < -0.3 is 19.8 Å². The number of aromatic amines is 1. The average molecular weight is 358 g/mol. The third-order valence-electron chi connectivity index (χ3n) is 4.23. The fourth-order valence-electron chi connectivity index (χ4n) is 2.85. The summed E-state index contributed by atoms with van der Waals surface area (Å²) in [5.41, 5.74) is 1.48. The number of H-pyrrole nitrogens is 1. The number of rotatable bonds is 7. The number of carbonyl (C=O) groups is 1. The first-order valence-electron chi connectivity index (χ1n) is 8.48. The molecule has 0 aliphatic carbocycles. The van der Waals surface area contributed by atoms with E-state index in [0.717, 1.165) is 17.3 Å². The van der Waals surface area contributed by atoms with Crippen LogP contribution in [-0.2, 0) is 11.3 Å². The minimum atomic E-state index is -0.215. The molecule has 138 valence electrons. The maximum absolute atomic E-state index is 12.7. The molecular weight excluding hydrogens is 336 g/mol. The van der Waals surface area contributed by atoms with Gasteiger partial charge in [-0.2, -0.15) is 0 Å². The van der Waals surface area contributed by atoms with Gasteiger partial charge in [0.1, 0.15) is 11.0 Å². The molecule has 0 spiro atoms. The molecule has 0 aliphatic heterocycles. The normalized spacial score (nSPS) is 11.0. The van der Waals surface area contributed by atoms with Crippen LogP contribution in [-0.4, -0.2) is 41.2 Å². The van der Waals surface area contributed by atoms with E-state index in [4.69, 9.17) is 9.47 Å². The lowest BCUT2D eigenvalue weighted by Gasteiger charge is -2.07. The van der Waals surface area contributed by atoms with Crippen LogP contribution >= 0.6 is 0 Å². The van der Waals surface area contributed by atoms with E-state index in [1.807, 2.05) is 6.92 Å². The molecule has 8 nitrogen and oxygen atoms in total. The fourth-order valence-corrected chi connectivity index (χ4v) is 2.85. The second-order valence-corrected chi connectivity index (χ2v) is 5.94. The summed E-state index contributed by atoms with van der Waals surface area (Å²) in [5.74, 6) is 1.06. The monoisotopic (exact) mass is 358 g/mol. The fraction of sp³-hybridized carbons (Fsp3) is 0.389. The van der Waals surface area contributed by atoms with Crippen LogP contribution in [0.1, 0.15) is 19.8 Å². The van der Waals surface area contributed by atoms with Crippen LogP contribution in [0.25, 0.3) is 21.9 Å². The van der Waals surface area contributed by atoms with E-state index in [1.54, 1.807) is 26.4 Å². The van der Waals surface area contributed by atoms with E-state index < -0.39 is 0 Å². The summed E-state index contributed by atoms with van der Waals surface area (Å²) in [7, 11) is 3.11. The number of ether oxygens (including phenoxy) is 2. The van der Waals surface area contributed by atoms with Crippen molar-refractivity contribution in [2.45, 2.75) is 26.3 Å². The maximum atomic E-state index is 12.7. The maximum Gasteiger partial charge on any atom is 0.277 e. The summed E-state index contributed by atoms with van der Waals surface area (Å²) in [6.45, 7) is 2.90. The molecular formula is C18H22N4O4. The van der Waals surface area contributed by atoms with E-state index in [0.29, 0.717) is 29.1 Å². The van der Waals surface area contributed by atoms with E-state index in [9.17, 15) is 9.59 Å². The number of amides is 1. The predicted octanol–water partition coefficient (Wildman–Crippen LogP) is 1.81. The van der Waals surface area contributed by atoms with Gasteiger partial charge in [-0.3, -0.25) is 14.2 Å². The highest BCUT2D eigenvalue weighted by Gasteiger charge is 2.15. The lowest BCUT2D eigenvalue weighted by molar-refractivity contribution is -0.121. The smallest absolute Gasteiger partial charge is 0.277 e. The molecule has 0 bridgehead atoms. The average Bonchev–Trinajstić information content (AvgIpc) is 3.02. The Bertz CT molecular complexity index is 1010. The van der Waals surface area contributed by atoms with Gasteiger partial charge >= 0.3 is 0 Å². The minimum Gasteiger partial charge on any atom is -0.493 e. The Kier molecular flexibility index (Phi) is 5.11. The van der Waals surface area contributed by atoms with Crippen LogP contribution < -0.4 is 20.3 Å². The number of hydrogen-bond donors (Lipinski definition) is 2. The quantitative estimate of drug-likeness (QED) is 0.671. The van der Waals surface area contributed by atoms with Crippen molar-refractivity contribution in [2.24, 2.45) is 0 Å². The van der Waals surface area contributed by atoms with Gasteiger partial charge in [0.2, 0.25) is 5.91 Å². The van der Waals surface area contributed by atoms with Crippen molar-refractivity contribution in [3.63, 3.8) is 0 Å². The van der Waals surface area contributed by atoms with E-state index in [-0.39, 0.29) is 24.4 Å². The number of nitrogens with zero attached hydrogens (tertiary/aromatic N) is 2. The number of carbonyl (C=O) groups excluding carboxylic acids is 1. The molecule has 0 unspecified atom stereocenters. The highest BCUT2D eigenvalue weighted by molar-refractivity contribution is 6.05. The predicted molar refractivity (Wildman–Crippen MR) is 98.9 cm³/mol. The SMILES string of the molecule is CCCNC(=O)CCn1cnc2c([nH]c3cc(OC)c(OC)cc32)c1=O. The van der Waals surface area contributed by atoms with Crippen LogP contribution in [0.4, 0.5) is 0 Å². The molecule has 26 heavy (non-hydrogen) atoms. The van der Waals surface area contributed by atoms with Crippen LogP contribution in [0.3, 0.4) is 0 Å². The molecule has 0 atom stereocenters. The number of methoxy groups -OCH3 is 2. The van der Waals surface area contributed by atoms with Gasteiger partial charge in [-0.25, -0.2) is 4.98 Å². The molecule has 0 saturated carbocycles. The molecule has 8 heteroatoms. The number of fused-ring (bicyclic) bond motifs is 3. The van der Waals surface area contributed by atoms with E-state index in [1.165, 1.54) is 10.9 Å². The molecule has 0 aliphatic rings. The molecule has 1 aromatic carbocycles. The molecule has 1 amide bonds. The zero-order chi connectivity index (χ0) is 18.7. The van der Waals surface area contributed by atoms with Crippen molar-refractivity contribution in [3.8, 4) is 11.5 Å². The van der Waals surface area contributed by atoms with Crippen LogP contribution in [0.5, 0.6) is 11.5 Å². The second-order valence-electron chi connectivity index (χ2n) is 5.94. The first-order valence-corrected chi connectivity index (χ1v) is 8.48. The van der Waals surface area contributed by atoms with Gasteiger partial charge in [-0.15, -0.1) is 0 Å². The third kappa shape index (κ3) is 3.22. The summed E-state index contributed by atoms with van der Waals surface area (Å²) < 4.78 is 12.1. The van der Waals surface area contributed by atoms with Gasteiger partial charge in [0.05, 0.1) is 26.1 Å². The molecule has 3 aromatic rings. The Balaban J connectivity index is 1.97. The summed E-state index contributed by atoms with van der Waals surface area (Å²) in [5, 5.41) is 3.58. The molecule has 0 fully saturated rings. The standard InChI is InChI=1S/C18H22N4O4/c1-4-6-19-15(23)5-7-22-10-20-16-11-8-13(25-2)14(26-3)9-12(11)21-17(16)18(22)24/h8-10,21H,4-7H2,1-3H3,(H,19,23). The molecule has 2 heterocycles. The first-order chi connectivity index (χ1) is 12.6. The second kappa shape index (κ2) is 7.47. The summed E-state index contributed by atoms with van der Waals surface area (Å²) >= 11 is 0. The highest BCUT2D eigenvalue weighted by Crippen LogP contribution is 2.34. The van der Waals surface area contributed by atoms with Crippen molar-refractivity contribution in [1.82, 2.24) is 19.9 Å². The Hall–Kier alpha value is -3.03. The molecule has 0 radical (unpaired) electrons. The number of aromatic nitrogens is 3. The largest absolute Gasteiger partial charge is 0.493 e. The van der Waals surface area contributed by atoms with Crippen LogP contribution in [0.2, 0.25) is 0 Å². The summed E-state index contributed by atoms with van der Waals surface area (Å²) in [6.07, 6.45) is 2.58. The Morgan fingerprint density at radius 2 is 2.00 bits per heavy atom. The van der Waals surface area contributed by atoms with Gasteiger partial charge in [-0.05, 0) is 12.5 Å². The Morgan fingerprint density at radius 3 is 2.69 bits per heavy atom. The minimum absolute atomic E-state index is 0.0787. The zero-order valence-corrected chi connectivity index (χ0v) is 15.1. The van der Waals surface area contributed by atoms with Gasteiger partial charge in [-0.1, -0.05) is 6.92 Å². The topological polar surface area (TPSA) is 98.2 Å². The van der Waals surface area contributed by atoms with Crippen molar-refractivity contribution >= 4 is 27.8 Å². The lowest BCUT2D eigenvalue weighted by Crippen LogP contribution is -2.28. The van der Waals surface area contributed by atoms with Crippen molar-refractivity contribution < 1.29 is 14.3 Å². The third-order valence-corrected chi connectivity index (χ3v) is 4.23. The van der Waals surface area contributed by atoms with Crippen molar-refractivity contribution in [1.29, 1.82) is 0 Å². The van der Waals surface area contributed by atoms with Gasteiger partial charge in [0.15, 0.2) is 11.5 Å². The zero-order valence-electron chi connectivity index (χ0n) is 15.1. The molecule has 2 N–H and O–H groups in total. The summed E-state index contributed by atoms with van der Waals surface area (Å²) in [4.78, 5) is 32.0. The van der Waals surface area contributed by atoms with Crippen molar-refractivity contribution in [2.75, 3.05) is 20.8 Å². The van der Waals surface area contributed by atoms with Crippen molar-refractivity contribution in [3.05, 3.63) is 28.8 Å². The lowest BCUT2D eigenvalue weighted by atomic mass is 10.2. The first kappa shape index (κ1) is 17.8. The number of nitrogens with one attached hydrogen (secondary N) is 2. The van der Waals surface area contributed by atoms with E-state index >= 15 is 0 Å². The van der Waals surface area contributed by atoms with Crippen LogP contribution in [0, 0.1) is 0 Å². The Labute approximate surface area is 150 Å². The molecule has 2 aromatic heterocycles. The number of benzene rings is 1.